The first-order valence-electron chi connectivity index (χ1n) is 14.2. The van der Waals surface area contributed by atoms with E-state index in [-0.39, 0.29) is 11.9 Å². The lowest BCUT2D eigenvalue weighted by molar-refractivity contribution is -0.159. The third-order valence-corrected chi connectivity index (χ3v) is 7.88. The normalized spacial score (nSPS) is 14.0. The van der Waals surface area contributed by atoms with E-state index in [4.69, 9.17) is 24.5 Å². The lowest BCUT2D eigenvalue weighted by Crippen LogP contribution is -2.44. The van der Waals surface area contributed by atoms with Crippen molar-refractivity contribution in [3.63, 3.8) is 0 Å². The van der Waals surface area contributed by atoms with Crippen LogP contribution in [0.25, 0.3) is 0 Å². The standard InChI is InChI=1S/C33H37NO3.C2H2O4/c1-32(2,31(35)37-3)27-19-17-26(18-20-27)12-10-11-23-34-24-21-30(22-25-34)33(36,28-13-6-4-7-14-28)29-15-8-5-9-16-29;3-1(4)2(5)6/h4-9,13-20,30,36H,11,21-25H2,1-3H3;(H,3,4)(H,5,6). The SMILES string of the molecule is COC(=O)C(C)(C)c1ccc(C#CCCN2CCC(C(O)(c3ccccc3)c3ccccc3)CC2)cc1.O=C(O)C(=O)O. The second kappa shape index (κ2) is 15.1. The zero-order chi connectivity index (χ0) is 31.5. The van der Waals surface area contributed by atoms with Gasteiger partial charge in [0.25, 0.3) is 0 Å². The number of likely N-dealkylation sites (tertiary alicyclic amines) is 1. The Bertz CT molecular complexity index is 1360. The molecule has 1 aliphatic rings. The molecule has 0 aliphatic carbocycles. The number of piperidine rings is 1. The van der Waals surface area contributed by atoms with E-state index < -0.39 is 23.0 Å². The van der Waals surface area contributed by atoms with Crippen molar-refractivity contribution in [1.82, 2.24) is 4.90 Å². The third-order valence-electron chi connectivity index (χ3n) is 7.88. The van der Waals surface area contributed by atoms with Crippen molar-refractivity contribution < 1.29 is 34.4 Å². The highest BCUT2D eigenvalue weighted by Gasteiger charge is 2.41. The average Bonchev–Trinajstić information content (AvgIpc) is 3.04. The van der Waals surface area contributed by atoms with Gasteiger partial charge in [-0.05, 0) is 74.5 Å². The molecule has 4 rings (SSSR count). The highest BCUT2D eigenvalue weighted by molar-refractivity contribution is 6.27. The maximum absolute atomic E-state index is 12.1. The number of methoxy groups -OCH3 is 1. The number of benzene rings is 3. The van der Waals surface area contributed by atoms with Crippen molar-refractivity contribution in [2.45, 2.75) is 44.1 Å². The summed E-state index contributed by atoms with van der Waals surface area (Å²) in [6, 6.07) is 28.0. The summed E-state index contributed by atoms with van der Waals surface area (Å²) in [5.41, 5.74) is 2.12. The molecule has 0 spiro atoms. The van der Waals surface area contributed by atoms with Crippen molar-refractivity contribution >= 4 is 17.9 Å². The number of nitrogens with zero attached hydrogens (tertiary/aromatic N) is 1. The van der Waals surface area contributed by atoms with E-state index in [9.17, 15) is 9.90 Å². The second-order valence-electron chi connectivity index (χ2n) is 11.0. The van der Waals surface area contributed by atoms with Gasteiger partial charge >= 0.3 is 17.9 Å². The van der Waals surface area contributed by atoms with Gasteiger partial charge in [-0.1, -0.05) is 84.6 Å². The van der Waals surface area contributed by atoms with Crippen molar-refractivity contribution in [3.8, 4) is 11.8 Å². The molecule has 0 saturated carbocycles. The number of hydrogen-bond donors (Lipinski definition) is 3. The van der Waals surface area contributed by atoms with Crippen molar-refractivity contribution in [2.24, 2.45) is 5.92 Å². The average molecular weight is 586 g/mol. The van der Waals surface area contributed by atoms with Gasteiger partial charge < -0.3 is 25.0 Å². The Labute approximate surface area is 252 Å². The van der Waals surface area contributed by atoms with Gasteiger partial charge in [0, 0.05) is 18.5 Å². The molecule has 1 heterocycles. The highest BCUT2D eigenvalue weighted by atomic mass is 16.5. The van der Waals surface area contributed by atoms with E-state index in [1.54, 1.807) is 0 Å². The summed E-state index contributed by atoms with van der Waals surface area (Å²) < 4.78 is 4.92. The zero-order valence-electron chi connectivity index (χ0n) is 24.8. The largest absolute Gasteiger partial charge is 0.473 e. The van der Waals surface area contributed by atoms with Crippen LogP contribution in [0, 0.1) is 17.8 Å². The first-order valence-corrected chi connectivity index (χ1v) is 14.2. The fourth-order valence-electron chi connectivity index (χ4n) is 5.32. The molecule has 0 bridgehead atoms. The number of esters is 1. The number of carboxylic acid groups (broad SMARTS) is 2. The van der Waals surface area contributed by atoms with Crippen LogP contribution in [0.5, 0.6) is 0 Å². The fraction of sp³-hybridized carbons (Fsp3) is 0.343. The monoisotopic (exact) mass is 585 g/mol. The Morgan fingerprint density at radius 2 is 1.30 bits per heavy atom. The minimum Gasteiger partial charge on any atom is -0.473 e. The van der Waals surface area contributed by atoms with Crippen LogP contribution in [0.3, 0.4) is 0 Å². The van der Waals surface area contributed by atoms with E-state index in [1.165, 1.54) is 7.11 Å². The molecule has 3 aromatic rings. The summed E-state index contributed by atoms with van der Waals surface area (Å²) in [5, 5.41) is 26.8. The predicted octanol–water partition coefficient (Wildman–Crippen LogP) is 4.68. The summed E-state index contributed by atoms with van der Waals surface area (Å²) in [4.78, 5) is 32.7. The summed E-state index contributed by atoms with van der Waals surface area (Å²) in [6.07, 6.45) is 2.66. The summed E-state index contributed by atoms with van der Waals surface area (Å²) in [6.45, 7) is 6.55. The Hall–Kier alpha value is -4.45. The molecule has 8 nitrogen and oxygen atoms in total. The molecule has 43 heavy (non-hydrogen) atoms. The molecule has 3 aromatic carbocycles. The third kappa shape index (κ3) is 8.54. The summed E-state index contributed by atoms with van der Waals surface area (Å²) in [7, 11) is 1.42. The fourth-order valence-corrected chi connectivity index (χ4v) is 5.32. The molecule has 0 radical (unpaired) electrons. The molecule has 226 valence electrons. The van der Waals surface area contributed by atoms with E-state index >= 15 is 0 Å². The highest BCUT2D eigenvalue weighted by Crippen LogP contribution is 2.41. The first-order chi connectivity index (χ1) is 20.5. The van der Waals surface area contributed by atoms with Crippen molar-refractivity contribution in [2.75, 3.05) is 26.7 Å². The summed E-state index contributed by atoms with van der Waals surface area (Å²) in [5.74, 6) is 2.81. The van der Waals surface area contributed by atoms with Gasteiger partial charge in [0.15, 0.2) is 0 Å². The van der Waals surface area contributed by atoms with E-state index in [0.29, 0.717) is 0 Å². The molecule has 0 aromatic heterocycles. The predicted molar refractivity (Wildman–Crippen MR) is 163 cm³/mol. The number of ether oxygens (including phenoxy) is 1. The Morgan fingerprint density at radius 3 is 1.74 bits per heavy atom. The van der Waals surface area contributed by atoms with E-state index in [2.05, 4.69) is 16.7 Å². The van der Waals surface area contributed by atoms with Crippen LogP contribution in [0.15, 0.2) is 84.9 Å². The van der Waals surface area contributed by atoms with Gasteiger partial charge in [-0.2, -0.15) is 0 Å². The summed E-state index contributed by atoms with van der Waals surface area (Å²) >= 11 is 0. The minimum absolute atomic E-state index is 0.160. The maximum atomic E-state index is 12.1. The van der Waals surface area contributed by atoms with Gasteiger partial charge in [-0.25, -0.2) is 9.59 Å². The lowest BCUT2D eigenvalue weighted by atomic mass is 9.72. The minimum atomic E-state index is -1.82. The van der Waals surface area contributed by atoms with Gasteiger partial charge in [0.05, 0.1) is 12.5 Å². The molecule has 3 N–H and O–H groups in total. The van der Waals surface area contributed by atoms with Crippen LogP contribution in [0.2, 0.25) is 0 Å². The molecule has 0 atom stereocenters. The maximum Gasteiger partial charge on any atom is 0.414 e. The van der Waals surface area contributed by atoms with Crippen LogP contribution in [-0.4, -0.2) is 64.9 Å². The molecule has 1 aliphatic heterocycles. The molecule has 0 amide bonds. The molecule has 0 unspecified atom stereocenters. The smallest absolute Gasteiger partial charge is 0.414 e. The quantitative estimate of drug-likeness (QED) is 0.207. The number of aliphatic carboxylic acids is 2. The van der Waals surface area contributed by atoms with Crippen LogP contribution < -0.4 is 0 Å². The zero-order valence-corrected chi connectivity index (χ0v) is 24.8. The van der Waals surface area contributed by atoms with Gasteiger partial charge in [-0.3, -0.25) is 4.79 Å². The van der Waals surface area contributed by atoms with E-state index in [0.717, 1.165) is 61.2 Å². The van der Waals surface area contributed by atoms with Crippen LogP contribution >= 0.6 is 0 Å². The molecule has 1 fully saturated rings. The van der Waals surface area contributed by atoms with Crippen molar-refractivity contribution in [3.05, 3.63) is 107 Å². The number of rotatable bonds is 7. The van der Waals surface area contributed by atoms with Gasteiger partial charge in [0.2, 0.25) is 0 Å². The van der Waals surface area contributed by atoms with Crippen LogP contribution in [0.4, 0.5) is 0 Å². The Kier molecular flexibility index (Phi) is 11.6. The van der Waals surface area contributed by atoms with Crippen molar-refractivity contribution in [1.29, 1.82) is 0 Å². The molecule has 1 saturated heterocycles. The molecular formula is C35H39NO7. The number of carbonyl (C=O) groups excluding carboxylic acids is 1. The number of carboxylic acids is 2. The number of aliphatic hydroxyl groups is 1. The van der Waals surface area contributed by atoms with Gasteiger partial charge in [0.1, 0.15) is 5.60 Å². The molecular weight excluding hydrogens is 546 g/mol. The number of carbonyl (C=O) groups is 3. The number of hydrogen-bond acceptors (Lipinski definition) is 6. The van der Waals surface area contributed by atoms with Crippen LogP contribution in [-0.2, 0) is 30.1 Å². The van der Waals surface area contributed by atoms with E-state index in [1.807, 2.05) is 98.8 Å². The Morgan fingerprint density at radius 1 is 0.814 bits per heavy atom. The lowest BCUT2D eigenvalue weighted by Gasteiger charge is -2.42. The molecule has 8 heteroatoms. The first kappa shape index (κ1) is 33.1. The Balaban J connectivity index is 0.000000765. The van der Waals surface area contributed by atoms with Crippen LogP contribution in [0.1, 0.15) is 55.4 Å². The van der Waals surface area contributed by atoms with Gasteiger partial charge in [-0.15, -0.1) is 0 Å². The topological polar surface area (TPSA) is 124 Å². The second-order valence-corrected chi connectivity index (χ2v) is 11.0.